The number of nitrogens with one attached hydrogen (secondary N) is 1. The summed E-state index contributed by atoms with van der Waals surface area (Å²) in [5.74, 6) is -0.309. The van der Waals surface area contributed by atoms with Gasteiger partial charge in [-0.1, -0.05) is 15.9 Å². The number of benzene rings is 1. The van der Waals surface area contributed by atoms with Crippen molar-refractivity contribution < 1.29 is 14.3 Å². The summed E-state index contributed by atoms with van der Waals surface area (Å²) in [5.41, 5.74) is 1.58. The van der Waals surface area contributed by atoms with Crippen LogP contribution in [-0.4, -0.2) is 49.1 Å². The first-order valence-electron chi connectivity index (χ1n) is 6.96. The number of hydrogen-bond acceptors (Lipinski definition) is 3. The molecule has 1 aliphatic heterocycles. The van der Waals surface area contributed by atoms with Crippen molar-refractivity contribution in [1.29, 1.82) is 0 Å². The molecule has 1 aromatic carbocycles. The van der Waals surface area contributed by atoms with Crippen molar-refractivity contribution in [1.82, 2.24) is 10.2 Å². The monoisotopic (exact) mass is 354 g/mol. The molecule has 0 spiro atoms. The zero-order valence-corrected chi connectivity index (χ0v) is 13.8. The molecule has 21 heavy (non-hydrogen) atoms. The van der Waals surface area contributed by atoms with Crippen molar-refractivity contribution in [2.75, 3.05) is 26.3 Å². The minimum atomic E-state index is -0.564. The summed E-state index contributed by atoms with van der Waals surface area (Å²) in [5, 5.41) is 2.75. The van der Waals surface area contributed by atoms with E-state index in [1.54, 1.807) is 11.0 Å². The Balaban J connectivity index is 2.24. The molecule has 1 aliphatic rings. The van der Waals surface area contributed by atoms with Gasteiger partial charge in [-0.3, -0.25) is 9.59 Å². The van der Waals surface area contributed by atoms with E-state index in [2.05, 4.69) is 21.2 Å². The first kappa shape index (κ1) is 16.0. The van der Waals surface area contributed by atoms with E-state index in [1.807, 2.05) is 26.0 Å². The predicted molar refractivity (Wildman–Crippen MR) is 83.2 cm³/mol. The number of carbonyl (C=O) groups excluding carboxylic acids is 2. The summed E-state index contributed by atoms with van der Waals surface area (Å²) in [6, 6.07) is 4.99. The van der Waals surface area contributed by atoms with E-state index in [0.717, 1.165) is 10.0 Å². The minimum Gasteiger partial charge on any atom is -0.377 e. The van der Waals surface area contributed by atoms with E-state index in [4.69, 9.17) is 4.74 Å². The van der Waals surface area contributed by atoms with Gasteiger partial charge in [-0.2, -0.15) is 0 Å². The second kappa shape index (κ2) is 7.04. The molecule has 1 fully saturated rings. The van der Waals surface area contributed by atoms with Crippen LogP contribution in [0, 0.1) is 6.92 Å². The Morgan fingerprint density at radius 2 is 2.19 bits per heavy atom. The quantitative estimate of drug-likeness (QED) is 0.899. The Bertz CT molecular complexity index is 527. The Hall–Kier alpha value is -1.40. The highest BCUT2D eigenvalue weighted by atomic mass is 79.9. The molecule has 1 saturated heterocycles. The van der Waals surface area contributed by atoms with E-state index in [1.165, 1.54) is 0 Å². The number of rotatable bonds is 3. The Kier molecular flexibility index (Phi) is 5.36. The lowest BCUT2D eigenvalue weighted by atomic mass is 10.1. The van der Waals surface area contributed by atoms with Crippen LogP contribution in [0.2, 0.25) is 0 Å². The number of amides is 2. The SMILES string of the molecule is CCNC(=O)C1COCCN1C(=O)c1cc(C)cc(Br)c1. The summed E-state index contributed by atoms with van der Waals surface area (Å²) in [6.07, 6.45) is 0. The standard InChI is InChI=1S/C15H19BrN2O3/c1-3-17-14(19)13-9-21-5-4-18(13)15(20)11-6-10(2)7-12(16)8-11/h6-8,13H,3-5,9H2,1-2H3,(H,17,19). The van der Waals surface area contributed by atoms with Gasteiger partial charge in [0.15, 0.2) is 0 Å². The number of nitrogens with zero attached hydrogens (tertiary/aromatic N) is 1. The fraction of sp³-hybridized carbons (Fsp3) is 0.467. The number of hydrogen-bond donors (Lipinski definition) is 1. The molecule has 1 N–H and O–H groups in total. The van der Waals surface area contributed by atoms with Crippen molar-refractivity contribution in [3.63, 3.8) is 0 Å². The zero-order valence-electron chi connectivity index (χ0n) is 12.2. The van der Waals surface area contributed by atoms with Crippen LogP contribution in [0.5, 0.6) is 0 Å². The molecule has 114 valence electrons. The van der Waals surface area contributed by atoms with E-state index in [9.17, 15) is 9.59 Å². The van der Waals surface area contributed by atoms with Gasteiger partial charge >= 0.3 is 0 Å². The molecule has 0 radical (unpaired) electrons. The van der Waals surface area contributed by atoms with Gasteiger partial charge in [-0.25, -0.2) is 0 Å². The average molecular weight is 355 g/mol. The Labute approximate surface area is 132 Å². The molecule has 0 saturated carbocycles. The first-order valence-corrected chi connectivity index (χ1v) is 7.76. The maximum absolute atomic E-state index is 12.7. The van der Waals surface area contributed by atoms with E-state index in [0.29, 0.717) is 25.3 Å². The molecule has 1 heterocycles. The molecule has 0 aromatic heterocycles. The molecule has 1 aromatic rings. The van der Waals surface area contributed by atoms with Crippen LogP contribution in [0.15, 0.2) is 22.7 Å². The predicted octanol–water partition coefficient (Wildman–Crippen LogP) is 1.73. The highest BCUT2D eigenvalue weighted by Gasteiger charge is 2.33. The average Bonchev–Trinajstić information content (AvgIpc) is 2.45. The normalized spacial score (nSPS) is 18.4. The van der Waals surface area contributed by atoms with Crippen LogP contribution in [0.4, 0.5) is 0 Å². The lowest BCUT2D eigenvalue weighted by molar-refractivity contribution is -0.130. The third-order valence-corrected chi connectivity index (χ3v) is 3.79. The molecule has 1 atom stereocenters. The van der Waals surface area contributed by atoms with Gasteiger partial charge in [-0.05, 0) is 37.6 Å². The summed E-state index contributed by atoms with van der Waals surface area (Å²) in [7, 11) is 0. The zero-order chi connectivity index (χ0) is 15.4. The molecule has 1 unspecified atom stereocenters. The number of halogens is 1. The molecular weight excluding hydrogens is 336 g/mol. The van der Waals surface area contributed by atoms with Gasteiger partial charge in [0, 0.05) is 23.1 Å². The van der Waals surface area contributed by atoms with E-state index in [-0.39, 0.29) is 18.4 Å². The molecule has 2 amide bonds. The molecule has 2 rings (SSSR count). The van der Waals surface area contributed by atoms with Gasteiger partial charge < -0.3 is 15.0 Å². The summed E-state index contributed by atoms with van der Waals surface area (Å²) in [6.45, 7) is 5.44. The van der Waals surface area contributed by atoms with Crippen LogP contribution in [0.3, 0.4) is 0 Å². The van der Waals surface area contributed by atoms with E-state index >= 15 is 0 Å². The number of morpholine rings is 1. The topological polar surface area (TPSA) is 58.6 Å². The van der Waals surface area contributed by atoms with Gasteiger partial charge in [0.25, 0.3) is 5.91 Å². The maximum Gasteiger partial charge on any atom is 0.254 e. The fourth-order valence-corrected chi connectivity index (χ4v) is 2.99. The second-order valence-corrected chi connectivity index (χ2v) is 5.92. The maximum atomic E-state index is 12.7. The van der Waals surface area contributed by atoms with E-state index < -0.39 is 6.04 Å². The van der Waals surface area contributed by atoms with Gasteiger partial charge in [0.1, 0.15) is 6.04 Å². The first-order chi connectivity index (χ1) is 10.0. The molecule has 0 aliphatic carbocycles. The number of carbonyl (C=O) groups is 2. The third-order valence-electron chi connectivity index (χ3n) is 3.33. The molecular formula is C15H19BrN2O3. The van der Waals surface area contributed by atoms with Gasteiger partial charge in [-0.15, -0.1) is 0 Å². The van der Waals surface area contributed by atoms with Crippen molar-refractivity contribution in [3.05, 3.63) is 33.8 Å². The second-order valence-electron chi connectivity index (χ2n) is 5.00. The van der Waals surface area contributed by atoms with Crippen LogP contribution >= 0.6 is 15.9 Å². The van der Waals surface area contributed by atoms with Crippen LogP contribution < -0.4 is 5.32 Å². The molecule has 6 heteroatoms. The highest BCUT2D eigenvalue weighted by Crippen LogP contribution is 2.19. The lowest BCUT2D eigenvalue weighted by Crippen LogP contribution is -2.55. The lowest BCUT2D eigenvalue weighted by Gasteiger charge is -2.34. The summed E-state index contributed by atoms with van der Waals surface area (Å²) < 4.78 is 6.20. The van der Waals surface area contributed by atoms with Crippen molar-refractivity contribution in [2.24, 2.45) is 0 Å². The van der Waals surface area contributed by atoms with Gasteiger partial charge in [0.2, 0.25) is 5.91 Å². The van der Waals surface area contributed by atoms with Crippen LogP contribution in [-0.2, 0) is 9.53 Å². The molecule has 5 nitrogen and oxygen atoms in total. The van der Waals surface area contributed by atoms with Gasteiger partial charge in [0.05, 0.1) is 13.2 Å². The van der Waals surface area contributed by atoms with Crippen molar-refractivity contribution >= 4 is 27.7 Å². The summed E-state index contributed by atoms with van der Waals surface area (Å²) in [4.78, 5) is 26.4. The fourth-order valence-electron chi connectivity index (χ4n) is 2.38. The summed E-state index contributed by atoms with van der Waals surface area (Å²) >= 11 is 3.40. The number of aryl methyl sites for hydroxylation is 1. The Morgan fingerprint density at radius 1 is 1.43 bits per heavy atom. The number of likely N-dealkylation sites (N-methyl/N-ethyl adjacent to an activating group) is 1. The smallest absolute Gasteiger partial charge is 0.254 e. The van der Waals surface area contributed by atoms with Crippen LogP contribution in [0.1, 0.15) is 22.8 Å². The molecule has 0 bridgehead atoms. The largest absolute Gasteiger partial charge is 0.377 e. The Morgan fingerprint density at radius 3 is 2.86 bits per heavy atom. The minimum absolute atomic E-state index is 0.140. The van der Waals surface area contributed by atoms with Crippen molar-refractivity contribution in [3.8, 4) is 0 Å². The highest BCUT2D eigenvalue weighted by molar-refractivity contribution is 9.10. The third kappa shape index (κ3) is 3.83. The van der Waals surface area contributed by atoms with Crippen molar-refractivity contribution in [2.45, 2.75) is 19.9 Å². The van der Waals surface area contributed by atoms with Crippen LogP contribution in [0.25, 0.3) is 0 Å². The number of ether oxygens (including phenoxy) is 1.